The number of para-hydroxylation sites is 1. The molecule has 1 aromatic heterocycles. The highest BCUT2D eigenvalue weighted by Crippen LogP contribution is 2.30. The van der Waals surface area contributed by atoms with E-state index in [4.69, 9.17) is 11.6 Å². The Morgan fingerprint density at radius 3 is 2.30 bits per heavy atom. The number of benzene rings is 4. The Kier molecular flexibility index (Phi) is 13.4. The minimum absolute atomic E-state index is 0.0371. The summed E-state index contributed by atoms with van der Waals surface area (Å²) < 4.78 is 14.7. The lowest BCUT2D eigenvalue weighted by Crippen LogP contribution is -2.51. The SMILES string of the molecule is CN(c1cccc(N2CCC(CN3CCN(C(=O)Cc4ccc(Nc5ncc(F)c(Nc6ccc(C(=O)Nc7ccccc7Cl)cc6)n5)cc4)CC3)CC2)c1)C1CCC(=O)NC1=O. The molecule has 4 N–H and O–H groups in total. The first kappa shape index (κ1) is 43.1. The Labute approximate surface area is 370 Å². The molecule has 16 heteroatoms. The van der Waals surface area contributed by atoms with Crippen molar-refractivity contribution in [1.29, 1.82) is 0 Å². The number of piperazine rings is 1. The molecule has 1 atom stereocenters. The highest BCUT2D eigenvalue weighted by molar-refractivity contribution is 6.33. The highest BCUT2D eigenvalue weighted by atomic mass is 35.5. The molecule has 5 aromatic rings. The van der Waals surface area contributed by atoms with E-state index in [0.717, 1.165) is 68.7 Å². The monoisotopic (exact) mass is 872 g/mol. The Balaban J connectivity index is 0.758. The summed E-state index contributed by atoms with van der Waals surface area (Å²) in [6.45, 7) is 6.05. The van der Waals surface area contributed by atoms with Crippen LogP contribution in [0.4, 0.5) is 44.6 Å². The summed E-state index contributed by atoms with van der Waals surface area (Å²) in [5, 5.41) is 11.7. The largest absolute Gasteiger partial charge is 0.371 e. The number of anilines is 7. The summed E-state index contributed by atoms with van der Waals surface area (Å²) >= 11 is 6.16. The number of halogens is 2. The van der Waals surface area contributed by atoms with Crippen molar-refractivity contribution < 1.29 is 23.6 Å². The molecule has 4 aromatic carbocycles. The smallest absolute Gasteiger partial charge is 0.255 e. The van der Waals surface area contributed by atoms with Crippen LogP contribution in [0.5, 0.6) is 0 Å². The van der Waals surface area contributed by atoms with Gasteiger partial charge in [0.15, 0.2) is 11.6 Å². The van der Waals surface area contributed by atoms with E-state index in [2.05, 4.69) is 53.2 Å². The summed E-state index contributed by atoms with van der Waals surface area (Å²) in [5.74, 6) is -0.586. The first-order chi connectivity index (χ1) is 30.5. The van der Waals surface area contributed by atoms with Crippen molar-refractivity contribution in [3.05, 3.63) is 125 Å². The number of piperidine rings is 2. The van der Waals surface area contributed by atoms with Crippen molar-refractivity contribution in [2.75, 3.05) is 78.6 Å². The van der Waals surface area contributed by atoms with Crippen LogP contribution in [0, 0.1) is 11.7 Å². The molecule has 3 fully saturated rings. The molecule has 4 amide bonds. The second-order valence-corrected chi connectivity index (χ2v) is 16.6. The summed E-state index contributed by atoms with van der Waals surface area (Å²) in [7, 11) is 1.91. The first-order valence-corrected chi connectivity index (χ1v) is 21.7. The number of hydrogen-bond donors (Lipinski definition) is 4. The van der Waals surface area contributed by atoms with Gasteiger partial charge in [-0.1, -0.05) is 41.9 Å². The fourth-order valence-electron chi connectivity index (χ4n) is 8.29. The van der Waals surface area contributed by atoms with E-state index in [0.29, 0.717) is 65.9 Å². The summed E-state index contributed by atoms with van der Waals surface area (Å²) in [6.07, 6.45) is 4.42. The van der Waals surface area contributed by atoms with E-state index in [-0.39, 0.29) is 41.4 Å². The highest BCUT2D eigenvalue weighted by Gasteiger charge is 2.31. The molecule has 8 rings (SSSR count). The van der Waals surface area contributed by atoms with Gasteiger partial charge in [0.05, 0.1) is 23.3 Å². The Morgan fingerprint density at radius 1 is 0.857 bits per heavy atom. The van der Waals surface area contributed by atoms with Gasteiger partial charge in [0, 0.05) is 87.6 Å². The molecule has 14 nitrogen and oxygen atoms in total. The lowest BCUT2D eigenvalue weighted by Gasteiger charge is -2.39. The average Bonchev–Trinajstić information content (AvgIpc) is 3.29. The molecule has 1 unspecified atom stereocenters. The third-order valence-corrected chi connectivity index (χ3v) is 12.3. The molecule has 0 saturated carbocycles. The zero-order valence-electron chi connectivity index (χ0n) is 35.0. The van der Waals surface area contributed by atoms with Gasteiger partial charge in [-0.3, -0.25) is 29.4 Å². The molecule has 4 heterocycles. The number of rotatable bonds is 13. The normalized spacial score (nSPS) is 17.2. The topological polar surface area (TPSA) is 155 Å². The van der Waals surface area contributed by atoms with E-state index < -0.39 is 5.82 Å². The summed E-state index contributed by atoms with van der Waals surface area (Å²) in [6, 6.07) is 28.9. The van der Waals surface area contributed by atoms with Gasteiger partial charge in [-0.05, 0) is 97.5 Å². The van der Waals surface area contributed by atoms with Crippen molar-refractivity contribution in [3.63, 3.8) is 0 Å². The van der Waals surface area contributed by atoms with E-state index in [9.17, 15) is 23.6 Å². The van der Waals surface area contributed by atoms with Crippen LogP contribution in [0.3, 0.4) is 0 Å². The fraction of sp³-hybridized carbons (Fsp3) is 0.319. The number of amides is 4. The Morgan fingerprint density at radius 2 is 1.57 bits per heavy atom. The van der Waals surface area contributed by atoms with Gasteiger partial charge < -0.3 is 30.7 Å². The Bertz CT molecular complexity index is 2440. The number of imide groups is 1. The predicted octanol–water partition coefficient (Wildman–Crippen LogP) is 6.85. The van der Waals surface area contributed by atoms with Crippen LogP contribution in [-0.2, 0) is 20.8 Å². The van der Waals surface area contributed by atoms with Crippen molar-refractivity contribution in [1.82, 2.24) is 25.1 Å². The van der Waals surface area contributed by atoms with Crippen molar-refractivity contribution in [2.45, 2.75) is 38.1 Å². The second kappa shape index (κ2) is 19.6. The number of likely N-dealkylation sites (N-methyl/N-ethyl adjacent to an activating group) is 1. The van der Waals surface area contributed by atoms with Crippen LogP contribution in [0.2, 0.25) is 5.02 Å². The van der Waals surface area contributed by atoms with Crippen LogP contribution in [0.1, 0.15) is 41.6 Å². The number of nitrogens with zero attached hydrogens (tertiary/aromatic N) is 6. The quantitative estimate of drug-likeness (QED) is 0.0919. The fourth-order valence-corrected chi connectivity index (χ4v) is 8.48. The maximum absolute atomic E-state index is 14.7. The molecule has 63 heavy (non-hydrogen) atoms. The Hall–Kier alpha value is -6.58. The zero-order valence-corrected chi connectivity index (χ0v) is 35.8. The maximum atomic E-state index is 14.7. The predicted molar refractivity (Wildman–Crippen MR) is 244 cm³/mol. The van der Waals surface area contributed by atoms with Gasteiger partial charge in [-0.2, -0.15) is 4.98 Å². The molecule has 0 radical (unpaired) electrons. The average molecular weight is 873 g/mol. The van der Waals surface area contributed by atoms with Gasteiger partial charge in [-0.15, -0.1) is 0 Å². The van der Waals surface area contributed by atoms with Gasteiger partial charge >= 0.3 is 0 Å². The van der Waals surface area contributed by atoms with Crippen LogP contribution >= 0.6 is 11.6 Å². The van der Waals surface area contributed by atoms with Crippen LogP contribution in [-0.4, -0.2) is 102 Å². The lowest BCUT2D eigenvalue weighted by atomic mass is 9.95. The molecule has 3 saturated heterocycles. The molecule has 0 spiro atoms. The van der Waals surface area contributed by atoms with Crippen molar-refractivity contribution >= 4 is 75.4 Å². The van der Waals surface area contributed by atoms with Gasteiger partial charge in [0.25, 0.3) is 5.91 Å². The van der Waals surface area contributed by atoms with Gasteiger partial charge in [0.2, 0.25) is 23.7 Å². The summed E-state index contributed by atoms with van der Waals surface area (Å²) in [4.78, 5) is 67.3. The number of hydrogen-bond acceptors (Lipinski definition) is 11. The van der Waals surface area contributed by atoms with Gasteiger partial charge in [0.1, 0.15) is 6.04 Å². The van der Waals surface area contributed by atoms with Crippen molar-refractivity contribution in [2.24, 2.45) is 5.92 Å². The number of aromatic nitrogens is 2. The second-order valence-electron chi connectivity index (χ2n) is 16.2. The standard InChI is InChI=1S/C47H50ClFN10O4/c1-56(41-17-18-42(60)54-46(41)63)36-5-4-6-37(28-36)58-21-19-32(20-22-58)30-57-23-25-59(26-24-57)43(61)27-31-9-13-35(14-10-31)52-47-50-29-39(49)44(55-47)51-34-15-11-33(12-16-34)45(62)53-40-8-3-2-7-38(40)48/h2-16,28-29,32,41H,17-27,30H2,1H3,(H,53,62)(H,54,60,63)(H2,50,51,52,55). The van der Waals surface area contributed by atoms with Crippen LogP contribution in [0.25, 0.3) is 0 Å². The van der Waals surface area contributed by atoms with E-state index in [1.54, 1.807) is 48.5 Å². The van der Waals surface area contributed by atoms with E-state index in [1.165, 1.54) is 0 Å². The molecule has 3 aliphatic heterocycles. The molecule has 3 aliphatic rings. The third kappa shape index (κ3) is 10.9. The minimum atomic E-state index is -0.644. The number of nitrogens with one attached hydrogen (secondary N) is 4. The molecule has 0 aliphatic carbocycles. The van der Waals surface area contributed by atoms with Crippen LogP contribution < -0.4 is 31.1 Å². The number of carbonyl (C=O) groups is 4. The summed E-state index contributed by atoms with van der Waals surface area (Å²) in [5.41, 5.74) is 5.11. The molecular weight excluding hydrogens is 823 g/mol. The maximum Gasteiger partial charge on any atom is 0.255 e. The van der Waals surface area contributed by atoms with E-state index >= 15 is 0 Å². The zero-order chi connectivity index (χ0) is 43.9. The van der Waals surface area contributed by atoms with Crippen LogP contribution in [0.15, 0.2) is 103 Å². The van der Waals surface area contributed by atoms with E-state index in [1.807, 2.05) is 53.2 Å². The number of carbonyl (C=O) groups excluding carboxylic acids is 4. The molecule has 0 bridgehead atoms. The van der Waals surface area contributed by atoms with Gasteiger partial charge in [-0.25, -0.2) is 9.37 Å². The first-order valence-electron chi connectivity index (χ1n) is 21.3. The molecule has 326 valence electrons. The van der Waals surface area contributed by atoms with Crippen molar-refractivity contribution in [3.8, 4) is 0 Å². The lowest BCUT2D eigenvalue weighted by molar-refractivity contribution is -0.134. The third-order valence-electron chi connectivity index (χ3n) is 12.0. The molecular formula is C47H50ClFN10O4. The minimum Gasteiger partial charge on any atom is -0.371 e.